The molecule has 0 atom stereocenters. The van der Waals surface area contributed by atoms with Crippen LogP contribution in [0.3, 0.4) is 0 Å². The van der Waals surface area contributed by atoms with Crippen LogP contribution in [0.15, 0.2) is 41.5 Å². The van der Waals surface area contributed by atoms with E-state index in [-0.39, 0.29) is 0 Å². The largest absolute Gasteiger partial charge is 0.357 e. The van der Waals surface area contributed by atoms with Gasteiger partial charge in [0.2, 0.25) is 0 Å². The Kier molecular flexibility index (Phi) is 4.44. The van der Waals surface area contributed by atoms with Gasteiger partial charge in [-0.15, -0.1) is 11.3 Å². The predicted octanol–water partition coefficient (Wildman–Crippen LogP) is 3.04. The van der Waals surface area contributed by atoms with Gasteiger partial charge in [0.05, 0.1) is 17.7 Å². The van der Waals surface area contributed by atoms with Crippen LogP contribution >= 0.6 is 11.3 Å². The highest BCUT2D eigenvalue weighted by Gasteiger charge is 2.24. The highest BCUT2D eigenvalue weighted by Crippen LogP contribution is 2.29. The first kappa shape index (κ1) is 15.8. The van der Waals surface area contributed by atoms with E-state index in [1.165, 1.54) is 0 Å². The minimum atomic E-state index is 0.448. The predicted molar refractivity (Wildman–Crippen MR) is 96.6 cm³/mol. The maximum Gasteiger partial charge on any atom is 0.142 e. The highest BCUT2D eigenvalue weighted by molar-refractivity contribution is 7.07. The van der Waals surface area contributed by atoms with Gasteiger partial charge < -0.3 is 9.47 Å². The molecule has 0 aromatic carbocycles. The van der Waals surface area contributed by atoms with Crippen molar-refractivity contribution in [3.63, 3.8) is 0 Å². The van der Waals surface area contributed by atoms with E-state index >= 15 is 0 Å². The fraction of sp³-hybridized carbons (Fsp3) is 0.333. The second-order valence-corrected chi connectivity index (χ2v) is 6.87. The Labute approximate surface area is 150 Å². The number of anilines is 1. The molecule has 3 aromatic rings. The average molecular weight is 350 g/mol. The van der Waals surface area contributed by atoms with Crippen molar-refractivity contribution < 1.29 is 0 Å². The summed E-state index contributed by atoms with van der Waals surface area (Å²) < 4.78 is 2.21. The Morgan fingerprint density at radius 3 is 2.88 bits per heavy atom. The summed E-state index contributed by atoms with van der Waals surface area (Å²) >= 11 is 1.62. The number of piperidine rings is 1. The molecule has 0 saturated carbocycles. The van der Waals surface area contributed by atoms with Crippen LogP contribution in [0.1, 0.15) is 36.0 Å². The number of nitrogens with zero attached hydrogens (tertiary/aromatic N) is 6. The molecule has 7 heteroatoms. The van der Waals surface area contributed by atoms with Crippen molar-refractivity contribution in [1.29, 1.82) is 5.26 Å². The fourth-order valence-corrected chi connectivity index (χ4v) is 3.88. The Morgan fingerprint density at radius 2 is 2.12 bits per heavy atom. The molecule has 1 aliphatic heterocycles. The molecule has 0 radical (unpaired) electrons. The normalized spacial score (nSPS) is 15.2. The van der Waals surface area contributed by atoms with Gasteiger partial charge in [0.25, 0.3) is 0 Å². The number of thiazole rings is 1. The van der Waals surface area contributed by atoms with Crippen molar-refractivity contribution in [2.75, 3.05) is 18.0 Å². The molecule has 0 unspecified atom stereocenters. The number of hydrogen-bond acceptors (Lipinski definition) is 6. The summed E-state index contributed by atoms with van der Waals surface area (Å²) in [5.74, 6) is 2.48. The Bertz CT molecular complexity index is 871. The van der Waals surface area contributed by atoms with Crippen molar-refractivity contribution in [2.45, 2.75) is 25.3 Å². The molecule has 0 N–H and O–H groups in total. The molecule has 25 heavy (non-hydrogen) atoms. The van der Waals surface area contributed by atoms with E-state index in [0.29, 0.717) is 11.6 Å². The monoisotopic (exact) mass is 350 g/mol. The summed E-state index contributed by atoms with van der Waals surface area (Å²) in [5.41, 5.74) is 3.42. The second-order valence-electron chi connectivity index (χ2n) is 6.15. The molecule has 126 valence electrons. The molecule has 1 aliphatic rings. The summed E-state index contributed by atoms with van der Waals surface area (Å²) in [5, 5.41) is 11.1. The van der Waals surface area contributed by atoms with Gasteiger partial charge in [-0.05, 0) is 25.0 Å². The van der Waals surface area contributed by atoms with Crippen LogP contribution in [0.2, 0.25) is 0 Å². The van der Waals surface area contributed by atoms with E-state index in [0.717, 1.165) is 49.8 Å². The third-order valence-corrected chi connectivity index (χ3v) is 5.23. The zero-order valence-corrected chi connectivity index (χ0v) is 14.6. The molecular formula is C18H18N6S. The van der Waals surface area contributed by atoms with Gasteiger partial charge in [0, 0.05) is 36.8 Å². The van der Waals surface area contributed by atoms with Gasteiger partial charge in [-0.25, -0.2) is 15.0 Å². The first-order valence-corrected chi connectivity index (χ1v) is 9.28. The number of pyridine rings is 1. The third kappa shape index (κ3) is 3.39. The molecule has 0 amide bonds. The van der Waals surface area contributed by atoms with Gasteiger partial charge >= 0.3 is 0 Å². The number of hydrogen-bond donors (Lipinski definition) is 0. The standard InChI is InChI=1S/C18H18N6S/c19-10-15-2-1-3-17(22-15)23-7-4-14(5-8-23)18-20-6-9-24(18)11-16-12-25-13-21-16/h1-3,6,9,12-14H,4-5,7-8,11H2. The summed E-state index contributed by atoms with van der Waals surface area (Å²) in [4.78, 5) is 15.6. The zero-order chi connectivity index (χ0) is 17.1. The van der Waals surface area contributed by atoms with E-state index in [2.05, 4.69) is 35.9 Å². The topological polar surface area (TPSA) is 70.6 Å². The zero-order valence-electron chi connectivity index (χ0n) is 13.7. The molecule has 0 aliphatic carbocycles. The van der Waals surface area contributed by atoms with E-state index in [1.807, 2.05) is 30.0 Å². The van der Waals surface area contributed by atoms with Crippen molar-refractivity contribution in [3.8, 4) is 6.07 Å². The van der Waals surface area contributed by atoms with Crippen molar-refractivity contribution in [2.24, 2.45) is 0 Å². The molecule has 1 fully saturated rings. The van der Waals surface area contributed by atoms with Crippen molar-refractivity contribution in [1.82, 2.24) is 19.5 Å². The summed E-state index contributed by atoms with van der Waals surface area (Å²) in [6, 6.07) is 7.72. The van der Waals surface area contributed by atoms with Crippen molar-refractivity contribution in [3.05, 3.63) is 58.7 Å². The number of nitriles is 1. The van der Waals surface area contributed by atoms with E-state index in [1.54, 1.807) is 17.4 Å². The van der Waals surface area contributed by atoms with E-state index < -0.39 is 0 Å². The van der Waals surface area contributed by atoms with Gasteiger partial charge in [0.15, 0.2) is 0 Å². The lowest BCUT2D eigenvalue weighted by Gasteiger charge is -2.32. The molecule has 3 aromatic heterocycles. The smallest absolute Gasteiger partial charge is 0.142 e. The van der Waals surface area contributed by atoms with Crippen LogP contribution in [0.5, 0.6) is 0 Å². The minimum Gasteiger partial charge on any atom is -0.357 e. The van der Waals surface area contributed by atoms with E-state index in [9.17, 15) is 0 Å². The van der Waals surface area contributed by atoms with Crippen LogP contribution in [0, 0.1) is 11.3 Å². The Morgan fingerprint density at radius 1 is 1.24 bits per heavy atom. The lowest BCUT2D eigenvalue weighted by Crippen LogP contribution is -2.34. The van der Waals surface area contributed by atoms with Gasteiger partial charge in [0.1, 0.15) is 23.4 Å². The lowest BCUT2D eigenvalue weighted by atomic mass is 9.96. The maximum absolute atomic E-state index is 9.02. The minimum absolute atomic E-state index is 0.448. The first-order valence-electron chi connectivity index (χ1n) is 8.33. The van der Waals surface area contributed by atoms with Gasteiger partial charge in [-0.1, -0.05) is 6.07 Å². The first-order chi connectivity index (χ1) is 12.3. The molecule has 1 saturated heterocycles. The quantitative estimate of drug-likeness (QED) is 0.723. The Hall–Kier alpha value is -2.72. The molecule has 4 rings (SSSR count). The van der Waals surface area contributed by atoms with Gasteiger partial charge in [-0.2, -0.15) is 5.26 Å². The molecule has 0 spiro atoms. The SMILES string of the molecule is N#Cc1cccc(N2CCC(c3nccn3Cc3cscn3)CC2)n1. The van der Waals surface area contributed by atoms with Crippen LogP contribution in [-0.2, 0) is 6.54 Å². The molecular weight excluding hydrogens is 332 g/mol. The van der Waals surface area contributed by atoms with Crippen LogP contribution < -0.4 is 4.90 Å². The summed E-state index contributed by atoms with van der Waals surface area (Å²) in [6.07, 6.45) is 5.99. The molecule has 6 nitrogen and oxygen atoms in total. The summed E-state index contributed by atoms with van der Waals surface area (Å²) in [7, 11) is 0. The summed E-state index contributed by atoms with van der Waals surface area (Å²) in [6.45, 7) is 2.64. The second kappa shape index (κ2) is 7.03. The van der Waals surface area contributed by atoms with Crippen LogP contribution in [0.4, 0.5) is 5.82 Å². The average Bonchev–Trinajstić information content (AvgIpc) is 3.34. The number of imidazole rings is 1. The fourth-order valence-electron chi connectivity index (χ4n) is 3.33. The van der Waals surface area contributed by atoms with Crippen molar-refractivity contribution >= 4 is 17.2 Å². The highest BCUT2D eigenvalue weighted by atomic mass is 32.1. The number of aromatic nitrogens is 4. The lowest BCUT2D eigenvalue weighted by molar-refractivity contribution is 0.468. The Balaban J connectivity index is 1.44. The van der Waals surface area contributed by atoms with E-state index in [4.69, 9.17) is 5.26 Å². The third-order valence-electron chi connectivity index (χ3n) is 4.60. The van der Waals surface area contributed by atoms with Crippen LogP contribution in [-0.4, -0.2) is 32.6 Å². The maximum atomic E-state index is 9.02. The molecule has 4 heterocycles. The van der Waals surface area contributed by atoms with Crippen LogP contribution in [0.25, 0.3) is 0 Å². The molecule has 0 bridgehead atoms. The number of rotatable bonds is 4. The van der Waals surface area contributed by atoms with Gasteiger partial charge in [-0.3, -0.25) is 0 Å².